The lowest BCUT2D eigenvalue weighted by molar-refractivity contribution is 0.00545. The Morgan fingerprint density at radius 2 is 2.27 bits per heavy atom. The summed E-state index contributed by atoms with van der Waals surface area (Å²) in [6.45, 7) is 5.77. The average molecular weight is 171 g/mol. The number of aliphatic hydroxyl groups is 1. The molecule has 0 radical (unpaired) electrons. The largest absolute Gasteiger partial charge is 0.384 e. The summed E-state index contributed by atoms with van der Waals surface area (Å²) in [6, 6.07) is 0. The van der Waals surface area contributed by atoms with E-state index in [-0.39, 0.29) is 5.92 Å². The molecule has 0 amide bonds. The molecule has 0 saturated carbocycles. The Kier molecular flexibility index (Phi) is 2.30. The van der Waals surface area contributed by atoms with E-state index in [1.807, 2.05) is 19.2 Å². The Bertz CT molecular complexity index is 216. The molecule has 0 spiro atoms. The molecule has 0 aliphatic carbocycles. The summed E-state index contributed by atoms with van der Waals surface area (Å²) < 4.78 is 0. The van der Waals surface area contributed by atoms with Crippen molar-refractivity contribution in [2.24, 2.45) is 5.92 Å². The van der Waals surface area contributed by atoms with E-state index in [0.717, 1.165) is 5.69 Å². The molecule has 0 aromatic carbocycles. The second kappa shape index (κ2) is 2.91. The molecular formula is C8H13NOS. The first-order valence-corrected chi connectivity index (χ1v) is 4.60. The van der Waals surface area contributed by atoms with Crippen LogP contribution in [0, 0.1) is 5.92 Å². The lowest BCUT2D eigenvalue weighted by atomic mass is 9.90. The highest BCUT2D eigenvalue weighted by Gasteiger charge is 2.28. The first kappa shape index (κ1) is 8.68. The molecule has 0 unspecified atom stereocenters. The summed E-state index contributed by atoms with van der Waals surface area (Å²) in [5, 5.41) is 11.8. The Morgan fingerprint density at radius 3 is 2.64 bits per heavy atom. The molecule has 11 heavy (non-hydrogen) atoms. The number of hydrogen-bond donors (Lipinski definition) is 1. The van der Waals surface area contributed by atoms with Gasteiger partial charge in [-0.1, -0.05) is 13.8 Å². The van der Waals surface area contributed by atoms with Gasteiger partial charge < -0.3 is 5.11 Å². The minimum atomic E-state index is -0.778. The van der Waals surface area contributed by atoms with Crippen LogP contribution in [-0.2, 0) is 5.60 Å². The molecule has 0 saturated heterocycles. The topological polar surface area (TPSA) is 33.1 Å². The molecule has 1 N–H and O–H groups in total. The van der Waals surface area contributed by atoms with Crippen LogP contribution >= 0.6 is 11.3 Å². The van der Waals surface area contributed by atoms with Gasteiger partial charge in [0.25, 0.3) is 0 Å². The van der Waals surface area contributed by atoms with Crippen LogP contribution < -0.4 is 0 Å². The van der Waals surface area contributed by atoms with Gasteiger partial charge in [0.15, 0.2) is 0 Å². The quantitative estimate of drug-likeness (QED) is 0.738. The van der Waals surface area contributed by atoms with Gasteiger partial charge in [-0.25, -0.2) is 4.98 Å². The zero-order valence-corrected chi connectivity index (χ0v) is 7.85. The molecule has 1 atom stereocenters. The fourth-order valence-corrected chi connectivity index (χ4v) is 1.42. The van der Waals surface area contributed by atoms with Crippen LogP contribution in [0.5, 0.6) is 0 Å². The van der Waals surface area contributed by atoms with Crippen molar-refractivity contribution in [3.8, 4) is 0 Å². The average Bonchev–Trinajstić information content (AvgIpc) is 2.37. The zero-order chi connectivity index (χ0) is 8.48. The molecule has 0 fully saturated rings. The molecule has 1 heterocycles. The zero-order valence-electron chi connectivity index (χ0n) is 7.03. The van der Waals surface area contributed by atoms with Gasteiger partial charge in [0.1, 0.15) is 5.60 Å². The minimum Gasteiger partial charge on any atom is -0.384 e. The van der Waals surface area contributed by atoms with Crippen molar-refractivity contribution in [3.63, 3.8) is 0 Å². The highest BCUT2D eigenvalue weighted by atomic mass is 32.1. The standard InChI is InChI=1S/C8H13NOS/c1-6(2)8(3,10)7-4-11-5-9-7/h4-6,10H,1-3H3/t8-/m1/s1. The third-order valence-electron chi connectivity index (χ3n) is 2.08. The number of rotatable bonds is 2. The predicted molar refractivity (Wildman–Crippen MR) is 46.5 cm³/mol. The van der Waals surface area contributed by atoms with Gasteiger partial charge in [-0.2, -0.15) is 0 Å². The molecular weight excluding hydrogens is 158 g/mol. The molecule has 1 aromatic rings. The molecule has 1 aromatic heterocycles. The maximum atomic E-state index is 9.90. The van der Waals surface area contributed by atoms with E-state index in [9.17, 15) is 5.11 Å². The highest BCUT2D eigenvalue weighted by molar-refractivity contribution is 7.07. The van der Waals surface area contributed by atoms with Gasteiger partial charge in [0, 0.05) is 5.38 Å². The van der Waals surface area contributed by atoms with Crippen LogP contribution in [0.15, 0.2) is 10.9 Å². The Balaban J connectivity index is 2.90. The summed E-state index contributed by atoms with van der Waals surface area (Å²) in [4.78, 5) is 4.08. The summed E-state index contributed by atoms with van der Waals surface area (Å²) in [5.41, 5.74) is 1.74. The predicted octanol–water partition coefficient (Wildman–Crippen LogP) is 2.01. The number of aromatic nitrogens is 1. The Hall–Kier alpha value is -0.410. The molecule has 0 aliphatic heterocycles. The van der Waals surface area contributed by atoms with Crippen LogP contribution in [0.2, 0.25) is 0 Å². The molecule has 3 heteroatoms. The lowest BCUT2D eigenvalue weighted by Gasteiger charge is -2.25. The third-order valence-corrected chi connectivity index (χ3v) is 2.66. The van der Waals surface area contributed by atoms with E-state index >= 15 is 0 Å². The molecule has 1 rings (SSSR count). The van der Waals surface area contributed by atoms with Crippen molar-refractivity contribution in [2.75, 3.05) is 0 Å². The van der Waals surface area contributed by atoms with E-state index in [1.54, 1.807) is 12.4 Å². The number of hydrogen-bond acceptors (Lipinski definition) is 3. The van der Waals surface area contributed by atoms with Gasteiger partial charge in [0.05, 0.1) is 11.2 Å². The Morgan fingerprint density at radius 1 is 1.64 bits per heavy atom. The minimum absolute atomic E-state index is 0.199. The first-order valence-electron chi connectivity index (χ1n) is 3.66. The maximum absolute atomic E-state index is 9.90. The Labute approximate surface area is 70.9 Å². The van der Waals surface area contributed by atoms with Gasteiger partial charge in [0.2, 0.25) is 0 Å². The molecule has 0 aliphatic rings. The van der Waals surface area contributed by atoms with Crippen molar-refractivity contribution in [2.45, 2.75) is 26.4 Å². The van der Waals surface area contributed by atoms with E-state index in [1.165, 1.54) is 11.3 Å². The summed E-state index contributed by atoms with van der Waals surface area (Å²) in [6.07, 6.45) is 0. The number of thiazole rings is 1. The lowest BCUT2D eigenvalue weighted by Crippen LogP contribution is -2.28. The second-order valence-electron chi connectivity index (χ2n) is 3.18. The van der Waals surface area contributed by atoms with E-state index in [2.05, 4.69) is 4.98 Å². The summed E-state index contributed by atoms with van der Waals surface area (Å²) in [5.74, 6) is 0.199. The molecule has 62 valence electrons. The van der Waals surface area contributed by atoms with Crippen molar-refractivity contribution in [1.82, 2.24) is 4.98 Å². The number of nitrogens with zero attached hydrogens (tertiary/aromatic N) is 1. The van der Waals surface area contributed by atoms with Crippen LogP contribution in [0.3, 0.4) is 0 Å². The van der Waals surface area contributed by atoms with Crippen molar-refractivity contribution in [3.05, 3.63) is 16.6 Å². The SMILES string of the molecule is CC(C)[C@@](C)(O)c1cscn1. The fraction of sp³-hybridized carbons (Fsp3) is 0.625. The maximum Gasteiger partial charge on any atom is 0.107 e. The van der Waals surface area contributed by atoms with Crippen molar-refractivity contribution < 1.29 is 5.11 Å². The van der Waals surface area contributed by atoms with Crippen LogP contribution in [-0.4, -0.2) is 10.1 Å². The van der Waals surface area contributed by atoms with Gasteiger partial charge in [-0.3, -0.25) is 0 Å². The second-order valence-corrected chi connectivity index (χ2v) is 3.89. The summed E-state index contributed by atoms with van der Waals surface area (Å²) >= 11 is 1.51. The molecule has 2 nitrogen and oxygen atoms in total. The van der Waals surface area contributed by atoms with Gasteiger partial charge in [-0.05, 0) is 12.8 Å². The van der Waals surface area contributed by atoms with Gasteiger partial charge in [-0.15, -0.1) is 11.3 Å². The van der Waals surface area contributed by atoms with Crippen molar-refractivity contribution in [1.29, 1.82) is 0 Å². The van der Waals surface area contributed by atoms with Crippen LogP contribution in [0.4, 0.5) is 0 Å². The molecule has 0 bridgehead atoms. The monoisotopic (exact) mass is 171 g/mol. The van der Waals surface area contributed by atoms with Crippen LogP contribution in [0.25, 0.3) is 0 Å². The van der Waals surface area contributed by atoms with E-state index < -0.39 is 5.60 Å². The third kappa shape index (κ3) is 1.60. The van der Waals surface area contributed by atoms with Crippen LogP contribution in [0.1, 0.15) is 26.5 Å². The highest BCUT2D eigenvalue weighted by Crippen LogP contribution is 2.27. The summed E-state index contributed by atoms with van der Waals surface area (Å²) in [7, 11) is 0. The smallest absolute Gasteiger partial charge is 0.107 e. The van der Waals surface area contributed by atoms with Crippen molar-refractivity contribution >= 4 is 11.3 Å². The fourth-order valence-electron chi connectivity index (χ4n) is 0.758. The van der Waals surface area contributed by atoms with E-state index in [0.29, 0.717) is 0 Å². The first-order chi connectivity index (χ1) is 5.05. The normalized spacial score (nSPS) is 16.8. The van der Waals surface area contributed by atoms with Gasteiger partial charge >= 0.3 is 0 Å². The van der Waals surface area contributed by atoms with E-state index in [4.69, 9.17) is 0 Å².